The number of carbonyl (C=O) groups excluding carboxylic acids is 1. The molecule has 3 aromatic rings. The molecule has 4 rings (SSSR count). The molecule has 1 amide bonds. The second kappa shape index (κ2) is 9.61. The zero-order valence-electron chi connectivity index (χ0n) is 19.6. The SMILES string of the molecule is Cc1nc(CCc2cnn(Cc3ccc(C(F)(F)F)nc3)c2)nc2c1N(C)C(=O)[C@H](CCO)N2C. The second-order valence-electron chi connectivity index (χ2n) is 8.53. The fourth-order valence-electron chi connectivity index (χ4n) is 4.20. The van der Waals surface area contributed by atoms with Crippen LogP contribution in [0.5, 0.6) is 0 Å². The molecule has 0 unspecified atom stereocenters. The molecule has 1 atom stereocenters. The van der Waals surface area contributed by atoms with Gasteiger partial charge in [0.2, 0.25) is 5.91 Å². The van der Waals surface area contributed by atoms with Crippen molar-refractivity contribution in [2.45, 2.75) is 44.9 Å². The number of amides is 1. The molecule has 1 N–H and O–H groups in total. The number of alkyl halides is 3. The Kier molecular flexibility index (Phi) is 6.75. The number of rotatable bonds is 7. The molecule has 0 spiro atoms. The molecule has 12 heteroatoms. The van der Waals surface area contributed by atoms with Crippen molar-refractivity contribution in [3.05, 3.63) is 59.1 Å². The normalized spacial score (nSPS) is 16.1. The van der Waals surface area contributed by atoms with Gasteiger partial charge in [-0.15, -0.1) is 0 Å². The minimum Gasteiger partial charge on any atom is -0.396 e. The van der Waals surface area contributed by atoms with E-state index in [1.807, 2.05) is 13.1 Å². The third kappa shape index (κ3) is 5.11. The molecule has 1 aliphatic heterocycles. The van der Waals surface area contributed by atoms with Crippen LogP contribution < -0.4 is 9.80 Å². The van der Waals surface area contributed by atoms with E-state index >= 15 is 0 Å². The Labute approximate surface area is 200 Å². The Morgan fingerprint density at radius 3 is 2.51 bits per heavy atom. The van der Waals surface area contributed by atoms with Gasteiger partial charge >= 0.3 is 6.18 Å². The number of pyridine rings is 1. The highest BCUT2D eigenvalue weighted by molar-refractivity contribution is 6.04. The van der Waals surface area contributed by atoms with Gasteiger partial charge in [0.15, 0.2) is 5.82 Å². The molecule has 186 valence electrons. The molecule has 0 radical (unpaired) electrons. The van der Waals surface area contributed by atoms with Crippen LogP contribution in [0.3, 0.4) is 0 Å². The van der Waals surface area contributed by atoms with E-state index in [-0.39, 0.29) is 12.5 Å². The van der Waals surface area contributed by atoms with Crippen LogP contribution in [-0.4, -0.2) is 62.5 Å². The fourth-order valence-corrected chi connectivity index (χ4v) is 4.20. The largest absolute Gasteiger partial charge is 0.433 e. The zero-order chi connectivity index (χ0) is 25.3. The Morgan fingerprint density at radius 1 is 1.09 bits per heavy atom. The summed E-state index contributed by atoms with van der Waals surface area (Å²) in [6.07, 6.45) is 1.74. The predicted molar refractivity (Wildman–Crippen MR) is 122 cm³/mol. The van der Waals surface area contributed by atoms with Gasteiger partial charge in [0.05, 0.1) is 18.4 Å². The van der Waals surface area contributed by atoms with E-state index in [0.29, 0.717) is 54.4 Å². The van der Waals surface area contributed by atoms with Crippen molar-refractivity contribution in [3.63, 3.8) is 0 Å². The van der Waals surface area contributed by atoms with Gasteiger partial charge in [0.1, 0.15) is 23.2 Å². The fraction of sp³-hybridized carbons (Fsp3) is 0.435. The summed E-state index contributed by atoms with van der Waals surface area (Å²) < 4.78 is 39.7. The van der Waals surface area contributed by atoms with Crippen molar-refractivity contribution < 1.29 is 23.1 Å². The Balaban J connectivity index is 1.45. The first-order valence-electron chi connectivity index (χ1n) is 11.1. The lowest BCUT2D eigenvalue weighted by atomic mass is 10.1. The van der Waals surface area contributed by atoms with Crippen LogP contribution in [0.25, 0.3) is 0 Å². The molecule has 0 saturated carbocycles. The average molecular weight is 490 g/mol. The van der Waals surface area contributed by atoms with Gasteiger partial charge in [-0.1, -0.05) is 6.07 Å². The van der Waals surface area contributed by atoms with E-state index in [1.54, 1.807) is 34.8 Å². The maximum atomic E-state index is 12.7. The molecule has 35 heavy (non-hydrogen) atoms. The summed E-state index contributed by atoms with van der Waals surface area (Å²) in [5.74, 6) is 1.17. The maximum absolute atomic E-state index is 12.7. The number of aryl methyl sites for hydroxylation is 3. The van der Waals surface area contributed by atoms with Crippen molar-refractivity contribution in [2.75, 3.05) is 30.5 Å². The minimum absolute atomic E-state index is 0.104. The number of aliphatic hydroxyl groups is 1. The number of fused-ring (bicyclic) bond motifs is 1. The zero-order valence-corrected chi connectivity index (χ0v) is 19.6. The number of carbonyl (C=O) groups is 1. The van der Waals surface area contributed by atoms with Crippen LogP contribution in [0.1, 0.15) is 34.8 Å². The molecular weight excluding hydrogens is 463 g/mol. The van der Waals surface area contributed by atoms with E-state index in [2.05, 4.69) is 15.1 Å². The standard InChI is InChI=1S/C23H26F3N7O2/c1-14-20-21(31(2)17(8-9-34)22(35)32(20)3)30-19(29-14)7-5-16-11-28-33(13-16)12-15-4-6-18(27-10-15)23(24,25)26/h4,6,10-11,13,17,34H,5,7-9,12H2,1-3H3/t17-/m0/s1. The lowest BCUT2D eigenvalue weighted by Crippen LogP contribution is -2.52. The van der Waals surface area contributed by atoms with Gasteiger partial charge in [-0.2, -0.15) is 18.3 Å². The van der Waals surface area contributed by atoms with Gasteiger partial charge in [-0.25, -0.2) is 9.97 Å². The number of aliphatic hydroxyl groups excluding tert-OH is 1. The number of hydrogen-bond acceptors (Lipinski definition) is 7. The molecule has 4 heterocycles. The minimum atomic E-state index is -4.46. The van der Waals surface area contributed by atoms with Crippen LogP contribution in [0.15, 0.2) is 30.7 Å². The highest BCUT2D eigenvalue weighted by Gasteiger charge is 2.37. The van der Waals surface area contributed by atoms with E-state index in [0.717, 1.165) is 11.6 Å². The summed E-state index contributed by atoms with van der Waals surface area (Å²) >= 11 is 0. The molecule has 0 bridgehead atoms. The van der Waals surface area contributed by atoms with E-state index in [1.165, 1.54) is 12.3 Å². The lowest BCUT2D eigenvalue weighted by molar-refractivity contribution is -0.141. The number of likely N-dealkylation sites (N-methyl/N-ethyl adjacent to an activating group) is 2. The average Bonchev–Trinajstić information content (AvgIpc) is 3.25. The Morgan fingerprint density at radius 2 is 1.86 bits per heavy atom. The molecule has 0 saturated heterocycles. The van der Waals surface area contributed by atoms with Gasteiger partial charge in [-0.3, -0.25) is 14.5 Å². The number of anilines is 2. The van der Waals surface area contributed by atoms with Crippen LogP contribution in [-0.2, 0) is 30.4 Å². The summed E-state index contributed by atoms with van der Waals surface area (Å²) in [7, 11) is 3.48. The first-order chi connectivity index (χ1) is 16.6. The maximum Gasteiger partial charge on any atom is 0.433 e. The molecule has 0 aliphatic carbocycles. The number of nitrogens with zero attached hydrogens (tertiary/aromatic N) is 7. The van der Waals surface area contributed by atoms with Crippen molar-refractivity contribution in [2.24, 2.45) is 0 Å². The van der Waals surface area contributed by atoms with Gasteiger partial charge in [-0.05, 0) is 37.0 Å². The van der Waals surface area contributed by atoms with Gasteiger partial charge < -0.3 is 14.9 Å². The molecule has 0 aromatic carbocycles. The van der Waals surface area contributed by atoms with Crippen LogP contribution in [0.4, 0.5) is 24.7 Å². The Bertz CT molecular complexity index is 1210. The smallest absolute Gasteiger partial charge is 0.396 e. The van der Waals surface area contributed by atoms with Crippen molar-refractivity contribution >= 4 is 17.4 Å². The summed E-state index contributed by atoms with van der Waals surface area (Å²) in [6, 6.07) is 1.86. The quantitative estimate of drug-likeness (QED) is 0.544. The summed E-state index contributed by atoms with van der Waals surface area (Å²) in [4.78, 5) is 28.8. The molecule has 9 nitrogen and oxygen atoms in total. The van der Waals surface area contributed by atoms with E-state index in [4.69, 9.17) is 4.98 Å². The molecule has 3 aromatic heterocycles. The van der Waals surface area contributed by atoms with Crippen LogP contribution in [0.2, 0.25) is 0 Å². The van der Waals surface area contributed by atoms with E-state index in [9.17, 15) is 23.1 Å². The van der Waals surface area contributed by atoms with Gasteiger partial charge in [0.25, 0.3) is 0 Å². The topological polar surface area (TPSA) is 100 Å². The summed E-state index contributed by atoms with van der Waals surface area (Å²) in [5.41, 5.74) is 1.98. The van der Waals surface area contributed by atoms with Crippen molar-refractivity contribution in [3.8, 4) is 0 Å². The highest BCUT2D eigenvalue weighted by Crippen LogP contribution is 2.35. The number of hydrogen-bond donors (Lipinski definition) is 1. The van der Waals surface area contributed by atoms with Crippen LogP contribution in [0, 0.1) is 6.92 Å². The predicted octanol–water partition coefficient (Wildman–Crippen LogP) is 2.39. The lowest BCUT2D eigenvalue weighted by Gasteiger charge is -2.39. The summed E-state index contributed by atoms with van der Waals surface area (Å²) in [5, 5.41) is 13.7. The van der Waals surface area contributed by atoms with Gasteiger partial charge in [0, 0.05) is 39.5 Å². The van der Waals surface area contributed by atoms with Crippen LogP contribution >= 0.6 is 0 Å². The first kappa shape index (κ1) is 24.6. The second-order valence-corrected chi connectivity index (χ2v) is 8.53. The van der Waals surface area contributed by atoms with E-state index < -0.39 is 17.9 Å². The molecule has 0 fully saturated rings. The molecular formula is C23H26F3N7O2. The highest BCUT2D eigenvalue weighted by atomic mass is 19.4. The third-order valence-electron chi connectivity index (χ3n) is 6.03. The summed E-state index contributed by atoms with van der Waals surface area (Å²) in [6.45, 7) is 2.04. The first-order valence-corrected chi connectivity index (χ1v) is 11.1. The number of aromatic nitrogens is 5. The monoisotopic (exact) mass is 489 g/mol. The Hall–Kier alpha value is -3.54. The van der Waals surface area contributed by atoms with Crippen molar-refractivity contribution in [1.29, 1.82) is 0 Å². The third-order valence-corrected chi connectivity index (χ3v) is 6.03. The number of halogens is 3. The van der Waals surface area contributed by atoms with Crippen molar-refractivity contribution in [1.82, 2.24) is 24.7 Å². The molecule has 1 aliphatic rings.